The molecule has 0 amide bonds. The van der Waals surface area contributed by atoms with Crippen molar-refractivity contribution in [3.63, 3.8) is 0 Å². The quantitative estimate of drug-likeness (QED) is 0.268. The van der Waals surface area contributed by atoms with E-state index in [9.17, 15) is 0 Å². The number of hydrogen-bond donors (Lipinski definition) is 0. The van der Waals surface area contributed by atoms with Crippen molar-refractivity contribution < 1.29 is 0 Å². The summed E-state index contributed by atoms with van der Waals surface area (Å²) in [6.07, 6.45) is 0. The molecule has 6 aromatic carbocycles. The summed E-state index contributed by atoms with van der Waals surface area (Å²) < 4.78 is 0. The summed E-state index contributed by atoms with van der Waals surface area (Å²) in [4.78, 5) is 0. The zero-order chi connectivity index (χ0) is 21.7. The highest BCUT2D eigenvalue weighted by molar-refractivity contribution is 6.06. The van der Waals surface area contributed by atoms with Gasteiger partial charge in [-0.3, -0.25) is 0 Å². The van der Waals surface area contributed by atoms with Gasteiger partial charge in [-0.15, -0.1) is 0 Å². The Bertz CT molecular complexity index is 1510. The smallest absolute Gasteiger partial charge is 0.00992 e. The molecule has 0 unspecified atom stereocenters. The van der Waals surface area contributed by atoms with E-state index in [1.165, 1.54) is 65.7 Å². The Kier molecular flexibility index (Phi) is 4.33. The van der Waals surface area contributed by atoms with Crippen LogP contribution in [0.5, 0.6) is 0 Å². The van der Waals surface area contributed by atoms with Gasteiger partial charge in [-0.1, -0.05) is 108 Å². The van der Waals surface area contributed by atoms with Crippen molar-refractivity contribution in [1.82, 2.24) is 0 Å². The van der Waals surface area contributed by atoms with Crippen LogP contribution in [-0.2, 0) is 0 Å². The molecule has 6 rings (SSSR count). The molecule has 6 aromatic rings. The van der Waals surface area contributed by atoms with Gasteiger partial charge in [-0.05, 0) is 80.6 Å². The highest BCUT2D eigenvalue weighted by Gasteiger charge is 2.10. The Hall–Kier alpha value is -3.90. The van der Waals surface area contributed by atoms with Crippen molar-refractivity contribution in [2.45, 2.75) is 13.8 Å². The van der Waals surface area contributed by atoms with Crippen LogP contribution in [0.3, 0.4) is 0 Å². The molecule has 0 saturated carbocycles. The minimum atomic E-state index is 1.26. The Balaban J connectivity index is 1.54. The Morgan fingerprint density at radius 2 is 0.781 bits per heavy atom. The zero-order valence-electron chi connectivity index (χ0n) is 18.4. The average molecular weight is 409 g/mol. The SMILES string of the molecule is Cc1ccc2cc(-c3cccc4c(-c5ccc6cc(C)ccc6c5)cccc34)ccc2c1. The van der Waals surface area contributed by atoms with E-state index in [0.29, 0.717) is 0 Å². The van der Waals surface area contributed by atoms with E-state index in [2.05, 4.69) is 123 Å². The van der Waals surface area contributed by atoms with Crippen molar-refractivity contribution in [2.75, 3.05) is 0 Å². The highest BCUT2D eigenvalue weighted by atomic mass is 14.1. The number of benzene rings is 6. The van der Waals surface area contributed by atoms with E-state index < -0.39 is 0 Å². The average Bonchev–Trinajstić information content (AvgIpc) is 2.82. The van der Waals surface area contributed by atoms with Crippen molar-refractivity contribution in [1.29, 1.82) is 0 Å². The largest absolute Gasteiger partial charge is 0.0610 e. The third-order valence-corrected chi connectivity index (χ3v) is 6.54. The van der Waals surface area contributed by atoms with Gasteiger partial charge in [0, 0.05) is 0 Å². The Labute approximate surface area is 188 Å². The van der Waals surface area contributed by atoms with Gasteiger partial charge in [0.2, 0.25) is 0 Å². The van der Waals surface area contributed by atoms with E-state index in [-0.39, 0.29) is 0 Å². The molecule has 0 aliphatic heterocycles. The summed E-state index contributed by atoms with van der Waals surface area (Å²) >= 11 is 0. The van der Waals surface area contributed by atoms with Crippen LogP contribution >= 0.6 is 0 Å². The first-order valence-electron chi connectivity index (χ1n) is 11.2. The van der Waals surface area contributed by atoms with E-state index in [0.717, 1.165) is 0 Å². The zero-order valence-corrected chi connectivity index (χ0v) is 18.4. The summed E-state index contributed by atoms with van der Waals surface area (Å²) in [7, 11) is 0. The van der Waals surface area contributed by atoms with Gasteiger partial charge < -0.3 is 0 Å². The molecule has 0 N–H and O–H groups in total. The first-order chi connectivity index (χ1) is 15.7. The van der Waals surface area contributed by atoms with Crippen LogP contribution in [0.25, 0.3) is 54.6 Å². The predicted octanol–water partition coefficient (Wildman–Crippen LogP) is 9.10. The molecule has 0 nitrogen and oxygen atoms in total. The second kappa shape index (κ2) is 7.35. The fourth-order valence-corrected chi connectivity index (χ4v) is 4.88. The van der Waals surface area contributed by atoms with Crippen LogP contribution in [-0.4, -0.2) is 0 Å². The maximum atomic E-state index is 2.31. The Morgan fingerprint density at radius 1 is 0.375 bits per heavy atom. The molecule has 0 heteroatoms. The van der Waals surface area contributed by atoms with Crippen LogP contribution in [0.1, 0.15) is 11.1 Å². The molecule has 0 atom stereocenters. The summed E-state index contributed by atoms with van der Waals surface area (Å²) in [5.41, 5.74) is 7.68. The molecule has 0 heterocycles. The summed E-state index contributed by atoms with van der Waals surface area (Å²) in [5, 5.41) is 7.74. The van der Waals surface area contributed by atoms with Gasteiger partial charge in [-0.2, -0.15) is 0 Å². The van der Waals surface area contributed by atoms with Crippen molar-refractivity contribution in [3.05, 3.63) is 120 Å². The molecule has 0 bridgehead atoms. The van der Waals surface area contributed by atoms with E-state index >= 15 is 0 Å². The predicted molar refractivity (Wildman–Crippen MR) is 139 cm³/mol. The van der Waals surface area contributed by atoms with Crippen molar-refractivity contribution in [2.24, 2.45) is 0 Å². The third-order valence-electron chi connectivity index (χ3n) is 6.54. The monoisotopic (exact) mass is 408 g/mol. The number of hydrogen-bond acceptors (Lipinski definition) is 0. The van der Waals surface area contributed by atoms with Gasteiger partial charge in [0.05, 0.1) is 0 Å². The van der Waals surface area contributed by atoms with Crippen molar-refractivity contribution in [3.8, 4) is 22.3 Å². The second-order valence-corrected chi connectivity index (χ2v) is 8.84. The highest BCUT2D eigenvalue weighted by Crippen LogP contribution is 2.36. The molecule has 0 aliphatic rings. The molecule has 0 spiro atoms. The van der Waals surface area contributed by atoms with E-state index in [1.54, 1.807) is 0 Å². The normalized spacial score (nSPS) is 11.4. The maximum absolute atomic E-state index is 2.31. The second-order valence-electron chi connectivity index (χ2n) is 8.84. The van der Waals surface area contributed by atoms with Crippen LogP contribution in [0.4, 0.5) is 0 Å². The van der Waals surface area contributed by atoms with Gasteiger partial charge >= 0.3 is 0 Å². The molecular formula is C32H24. The third kappa shape index (κ3) is 3.16. The summed E-state index contributed by atoms with van der Waals surface area (Å²) in [6.45, 7) is 4.29. The van der Waals surface area contributed by atoms with Gasteiger partial charge in [0.1, 0.15) is 0 Å². The Morgan fingerprint density at radius 3 is 1.25 bits per heavy atom. The molecule has 0 radical (unpaired) electrons. The molecule has 0 saturated heterocycles. The molecular weight excluding hydrogens is 384 g/mol. The minimum absolute atomic E-state index is 1.26. The lowest BCUT2D eigenvalue weighted by Crippen LogP contribution is -1.86. The number of aryl methyl sites for hydroxylation is 2. The minimum Gasteiger partial charge on any atom is -0.0610 e. The molecule has 0 aromatic heterocycles. The van der Waals surface area contributed by atoms with Crippen molar-refractivity contribution >= 4 is 32.3 Å². The lowest BCUT2D eigenvalue weighted by molar-refractivity contribution is 1.50. The van der Waals surface area contributed by atoms with Gasteiger partial charge in [0.15, 0.2) is 0 Å². The topological polar surface area (TPSA) is 0 Å². The van der Waals surface area contributed by atoms with E-state index in [4.69, 9.17) is 0 Å². The lowest BCUT2D eigenvalue weighted by atomic mass is 9.91. The van der Waals surface area contributed by atoms with Crippen LogP contribution in [0.15, 0.2) is 109 Å². The van der Waals surface area contributed by atoms with Gasteiger partial charge in [0.25, 0.3) is 0 Å². The summed E-state index contributed by atoms with van der Waals surface area (Å²) in [6, 6.07) is 40.3. The molecule has 0 fully saturated rings. The standard InChI is InChI=1S/C32H24/c1-21-9-11-25-19-27(15-13-23(25)17-21)29-5-3-8-32-30(6-4-7-31(29)32)28-16-14-24-18-22(2)10-12-26(24)20-28/h3-20H,1-2H3. The van der Waals surface area contributed by atoms with Crippen LogP contribution in [0.2, 0.25) is 0 Å². The fourth-order valence-electron chi connectivity index (χ4n) is 4.88. The number of fused-ring (bicyclic) bond motifs is 3. The number of rotatable bonds is 2. The molecule has 152 valence electrons. The first kappa shape index (κ1) is 18.8. The summed E-state index contributed by atoms with van der Waals surface area (Å²) in [5.74, 6) is 0. The van der Waals surface area contributed by atoms with Crippen LogP contribution in [0, 0.1) is 13.8 Å². The first-order valence-corrected chi connectivity index (χ1v) is 11.2. The van der Waals surface area contributed by atoms with E-state index in [1.807, 2.05) is 0 Å². The van der Waals surface area contributed by atoms with Crippen LogP contribution < -0.4 is 0 Å². The fraction of sp³-hybridized carbons (Fsp3) is 0.0625. The maximum Gasteiger partial charge on any atom is -0.00992 e. The van der Waals surface area contributed by atoms with Gasteiger partial charge in [-0.25, -0.2) is 0 Å². The molecule has 0 aliphatic carbocycles. The molecule has 32 heavy (non-hydrogen) atoms. The lowest BCUT2D eigenvalue weighted by Gasteiger charge is -2.13.